The van der Waals surface area contributed by atoms with E-state index in [1.165, 1.54) is 11.1 Å². The first-order valence-corrected chi connectivity index (χ1v) is 6.28. The zero-order chi connectivity index (χ0) is 13.0. The van der Waals surface area contributed by atoms with E-state index in [0.29, 0.717) is 12.6 Å². The van der Waals surface area contributed by atoms with E-state index in [9.17, 15) is 0 Å². The second-order valence-electron chi connectivity index (χ2n) is 4.71. The summed E-state index contributed by atoms with van der Waals surface area (Å²) in [5.41, 5.74) is 3.40. The van der Waals surface area contributed by atoms with Gasteiger partial charge in [-0.1, -0.05) is 38.1 Å². The van der Waals surface area contributed by atoms with Crippen LogP contribution in [0.2, 0.25) is 0 Å². The number of hydrogen-bond acceptors (Lipinski definition) is 3. The summed E-state index contributed by atoms with van der Waals surface area (Å²) in [6.45, 7) is 7.04. The van der Waals surface area contributed by atoms with E-state index in [-0.39, 0.29) is 0 Å². The maximum Gasteiger partial charge on any atom is 0.142 e. The van der Waals surface area contributed by atoms with Gasteiger partial charge in [-0.2, -0.15) is 0 Å². The first-order chi connectivity index (χ1) is 8.66. The zero-order valence-corrected chi connectivity index (χ0v) is 11.1. The summed E-state index contributed by atoms with van der Waals surface area (Å²) >= 11 is 0. The maximum absolute atomic E-state index is 4.60. The van der Waals surface area contributed by atoms with E-state index < -0.39 is 0 Å². The van der Waals surface area contributed by atoms with Gasteiger partial charge in [-0.25, -0.2) is 9.97 Å². The molecule has 0 radical (unpaired) electrons. The Labute approximate surface area is 108 Å². The molecule has 0 unspecified atom stereocenters. The van der Waals surface area contributed by atoms with Crippen LogP contribution in [0.25, 0.3) is 11.3 Å². The molecule has 0 saturated carbocycles. The van der Waals surface area contributed by atoms with E-state index in [0.717, 1.165) is 11.5 Å². The molecule has 0 saturated heterocycles. The van der Waals surface area contributed by atoms with Gasteiger partial charge in [0.2, 0.25) is 0 Å². The SMILES string of the molecule is Cc1ccccc1-c1ccnc(CNC(C)C)n1. The van der Waals surface area contributed by atoms with Gasteiger partial charge in [-0.3, -0.25) is 0 Å². The van der Waals surface area contributed by atoms with Gasteiger partial charge in [-0.05, 0) is 18.6 Å². The Bertz CT molecular complexity index is 521. The van der Waals surface area contributed by atoms with Gasteiger partial charge in [0.25, 0.3) is 0 Å². The molecule has 0 spiro atoms. The highest BCUT2D eigenvalue weighted by Crippen LogP contribution is 2.20. The third kappa shape index (κ3) is 3.14. The number of rotatable bonds is 4. The largest absolute Gasteiger partial charge is 0.308 e. The molecule has 2 rings (SSSR count). The molecule has 3 nitrogen and oxygen atoms in total. The fraction of sp³-hybridized carbons (Fsp3) is 0.333. The van der Waals surface area contributed by atoms with Crippen molar-refractivity contribution in [1.29, 1.82) is 0 Å². The molecule has 0 aliphatic carbocycles. The number of benzene rings is 1. The van der Waals surface area contributed by atoms with Crippen LogP contribution in [0.15, 0.2) is 36.5 Å². The minimum Gasteiger partial charge on any atom is -0.308 e. The van der Waals surface area contributed by atoms with Crippen molar-refractivity contribution < 1.29 is 0 Å². The average molecular weight is 241 g/mol. The molecule has 0 aliphatic heterocycles. The van der Waals surface area contributed by atoms with Crippen molar-refractivity contribution in [3.05, 3.63) is 47.9 Å². The molecule has 3 heteroatoms. The molecule has 94 valence electrons. The molecule has 0 atom stereocenters. The normalized spacial score (nSPS) is 10.9. The van der Waals surface area contributed by atoms with Gasteiger partial charge >= 0.3 is 0 Å². The van der Waals surface area contributed by atoms with Crippen molar-refractivity contribution in [3.63, 3.8) is 0 Å². The van der Waals surface area contributed by atoms with Crippen LogP contribution in [0.1, 0.15) is 25.2 Å². The fourth-order valence-corrected chi connectivity index (χ4v) is 1.79. The number of nitrogens with one attached hydrogen (secondary N) is 1. The van der Waals surface area contributed by atoms with Gasteiger partial charge in [0.05, 0.1) is 12.2 Å². The molecule has 0 fully saturated rings. The number of aromatic nitrogens is 2. The lowest BCUT2D eigenvalue weighted by Gasteiger charge is -2.09. The Morgan fingerprint density at radius 2 is 1.94 bits per heavy atom. The van der Waals surface area contributed by atoms with Crippen molar-refractivity contribution in [2.75, 3.05) is 0 Å². The third-order valence-electron chi connectivity index (χ3n) is 2.79. The first-order valence-electron chi connectivity index (χ1n) is 6.28. The smallest absolute Gasteiger partial charge is 0.142 e. The van der Waals surface area contributed by atoms with Crippen molar-refractivity contribution in [1.82, 2.24) is 15.3 Å². The Morgan fingerprint density at radius 1 is 1.17 bits per heavy atom. The second kappa shape index (κ2) is 5.74. The van der Waals surface area contributed by atoms with E-state index in [4.69, 9.17) is 0 Å². The van der Waals surface area contributed by atoms with Crippen LogP contribution in [-0.4, -0.2) is 16.0 Å². The summed E-state index contributed by atoms with van der Waals surface area (Å²) in [5.74, 6) is 0.837. The summed E-state index contributed by atoms with van der Waals surface area (Å²) in [6.07, 6.45) is 1.83. The number of aryl methyl sites for hydroxylation is 1. The van der Waals surface area contributed by atoms with Crippen LogP contribution < -0.4 is 5.32 Å². The van der Waals surface area contributed by atoms with Crippen LogP contribution in [0.3, 0.4) is 0 Å². The summed E-state index contributed by atoms with van der Waals surface area (Å²) in [7, 11) is 0. The molecule has 18 heavy (non-hydrogen) atoms. The molecule has 0 aliphatic rings. The Kier molecular flexibility index (Phi) is 4.05. The highest BCUT2D eigenvalue weighted by atomic mass is 15.0. The van der Waals surface area contributed by atoms with E-state index >= 15 is 0 Å². The maximum atomic E-state index is 4.60. The highest BCUT2D eigenvalue weighted by Gasteiger charge is 2.04. The van der Waals surface area contributed by atoms with Crippen LogP contribution in [0.4, 0.5) is 0 Å². The first kappa shape index (κ1) is 12.7. The standard InChI is InChI=1S/C15H19N3/c1-11(2)17-10-15-16-9-8-14(18-15)13-7-5-4-6-12(13)3/h4-9,11,17H,10H2,1-3H3. The molecular weight excluding hydrogens is 222 g/mol. The summed E-state index contributed by atoms with van der Waals surface area (Å²) in [5, 5.41) is 3.33. The minimum atomic E-state index is 0.440. The van der Waals surface area contributed by atoms with Crippen LogP contribution >= 0.6 is 0 Å². The van der Waals surface area contributed by atoms with Crippen molar-refractivity contribution in [2.24, 2.45) is 0 Å². The average Bonchev–Trinajstić information content (AvgIpc) is 2.37. The third-order valence-corrected chi connectivity index (χ3v) is 2.79. The monoisotopic (exact) mass is 241 g/mol. The van der Waals surface area contributed by atoms with Crippen molar-refractivity contribution >= 4 is 0 Å². The molecule has 1 aromatic heterocycles. The van der Waals surface area contributed by atoms with Crippen LogP contribution in [0, 0.1) is 6.92 Å². The fourth-order valence-electron chi connectivity index (χ4n) is 1.79. The summed E-state index contributed by atoms with van der Waals surface area (Å²) in [6, 6.07) is 10.7. The predicted molar refractivity (Wildman–Crippen MR) is 74.2 cm³/mol. The Balaban J connectivity index is 2.25. The minimum absolute atomic E-state index is 0.440. The van der Waals surface area contributed by atoms with Crippen molar-refractivity contribution in [2.45, 2.75) is 33.4 Å². The van der Waals surface area contributed by atoms with Crippen molar-refractivity contribution in [3.8, 4) is 11.3 Å². The van der Waals surface area contributed by atoms with Gasteiger partial charge in [0, 0.05) is 17.8 Å². The Morgan fingerprint density at radius 3 is 2.67 bits per heavy atom. The predicted octanol–water partition coefficient (Wildman–Crippen LogP) is 2.95. The summed E-state index contributed by atoms with van der Waals surface area (Å²) < 4.78 is 0. The molecule has 1 N–H and O–H groups in total. The van der Waals surface area contributed by atoms with Crippen LogP contribution in [-0.2, 0) is 6.54 Å². The number of nitrogens with zero attached hydrogens (tertiary/aromatic N) is 2. The van der Waals surface area contributed by atoms with E-state index in [1.54, 1.807) is 0 Å². The molecule has 0 bridgehead atoms. The molecule has 1 heterocycles. The highest BCUT2D eigenvalue weighted by molar-refractivity contribution is 5.62. The topological polar surface area (TPSA) is 37.8 Å². The lowest BCUT2D eigenvalue weighted by atomic mass is 10.1. The molecule has 0 amide bonds. The molecule has 2 aromatic rings. The molecular formula is C15H19N3. The lowest BCUT2D eigenvalue weighted by molar-refractivity contribution is 0.572. The summed E-state index contributed by atoms with van der Waals surface area (Å²) in [4.78, 5) is 8.90. The second-order valence-corrected chi connectivity index (χ2v) is 4.71. The Hall–Kier alpha value is -1.74. The van der Waals surface area contributed by atoms with Gasteiger partial charge in [0.1, 0.15) is 5.82 Å². The van der Waals surface area contributed by atoms with Crippen LogP contribution in [0.5, 0.6) is 0 Å². The van der Waals surface area contributed by atoms with Gasteiger partial charge in [0.15, 0.2) is 0 Å². The van der Waals surface area contributed by atoms with E-state index in [1.807, 2.05) is 24.4 Å². The van der Waals surface area contributed by atoms with Gasteiger partial charge < -0.3 is 5.32 Å². The number of hydrogen-bond donors (Lipinski definition) is 1. The van der Waals surface area contributed by atoms with E-state index in [2.05, 4.69) is 48.2 Å². The quantitative estimate of drug-likeness (QED) is 0.894. The van der Waals surface area contributed by atoms with Gasteiger partial charge in [-0.15, -0.1) is 0 Å². The zero-order valence-electron chi connectivity index (χ0n) is 11.1. The molecule has 1 aromatic carbocycles. The lowest BCUT2D eigenvalue weighted by Crippen LogP contribution is -2.23.